The van der Waals surface area contributed by atoms with Crippen molar-refractivity contribution in [2.75, 3.05) is 14.2 Å². The van der Waals surface area contributed by atoms with E-state index in [1.54, 1.807) is 26.4 Å². The van der Waals surface area contributed by atoms with Gasteiger partial charge in [-0.2, -0.15) is 0 Å². The van der Waals surface area contributed by atoms with Gasteiger partial charge in [-0.15, -0.1) is 10.2 Å². The molecule has 0 aliphatic carbocycles. The maximum atomic E-state index is 12.3. The number of aliphatic carboxylic acids is 1. The van der Waals surface area contributed by atoms with Crippen LogP contribution in [0, 0.1) is 7.14 Å². The zero-order valence-corrected chi connectivity index (χ0v) is 27.5. The Kier molecular flexibility index (Phi) is 10.6. The number of thioether (sulfide) groups is 1. The van der Waals surface area contributed by atoms with E-state index in [2.05, 4.69) is 55.4 Å². The Labute approximate surface area is 268 Å². The van der Waals surface area contributed by atoms with Crippen molar-refractivity contribution >= 4 is 80.6 Å². The van der Waals surface area contributed by atoms with E-state index in [-0.39, 0.29) is 4.91 Å². The summed E-state index contributed by atoms with van der Waals surface area (Å²) in [4.78, 5) is 12.4. The third-order valence-corrected chi connectivity index (χ3v) is 8.67. The maximum absolute atomic E-state index is 12.3. The molecular formula is C28H24ClI2N3O5S. The SMILES string of the molecule is CCn1c(S/C(=C\c2cc(I)c(OCc3ccccc3Cl)c(I)c2)C(=O)O)nnc1-c1cc(OC)cc(OC)c1. The minimum Gasteiger partial charge on any atom is -0.497 e. The van der Waals surface area contributed by atoms with E-state index in [4.69, 9.17) is 25.8 Å². The second-order valence-electron chi connectivity index (χ2n) is 8.26. The summed E-state index contributed by atoms with van der Waals surface area (Å²) in [6.45, 7) is 2.81. The quantitative estimate of drug-likeness (QED) is 0.0940. The molecule has 0 bridgehead atoms. The van der Waals surface area contributed by atoms with Crippen molar-refractivity contribution in [3.05, 3.63) is 82.8 Å². The smallest absolute Gasteiger partial charge is 0.342 e. The molecule has 3 aromatic carbocycles. The summed E-state index contributed by atoms with van der Waals surface area (Å²) in [6, 6.07) is 16.7. The van der Waals surface area contributed by atoms with Gasteiger partial charge in [-0.3, -0.25) is 0 Å². The Bertz CT molecular complexity index is 1530. The van der Waals surface area contributed by atoms with Crippen LogP contribution in [0.5, 0.6) is 17.2 Å². The lowest BCUT2D eigenvalue weighted by molar-refractivity contribution is -0.131. The number of carbonyl (C=O) groups is 1. The van der Waals surface area contributed by atoms with Gasteiger partial charge in [0.25, 0.3) is 0 Å². The number of ether oxygens (including phenoxy) is 3. The Morgan fingerprint density at radius 3 is 2.27 bits per heavy atom. The molecule has 0 spiro atoms. The molecule has 0 amide bonds. The van der Waals surface area contributed by atoms with Crippen molar-refractivity contribution < 1.29 is 24.1 Å². The van der Waals surface area contributed by atoms with Gasteiger partial charge in [0.2, 0.25) is 0 Å². The Morgan fingerprint density at radius 1 is 1.05 bits per heavy atom. The van der Waals surface area contributed by atoms with E-state index in [1.165, 1.54) is 0 Å². The second-order valence-corrected chi connectivity index (χ2v) is 12.0. The molecule has 40 heavy (non-hydrogen) atoms. The van der Waals surface area contributed by atoms with Crippen LogP contribution in [0.3, 0.4) is 0 Å². The number of rotatable bonds is 11. The first kappa shape index (κ1) is 30.5. The standard InChI is InChI=1S/C28H24ClI2N3O5S/c1-4-34-26(18-12-19(37-2)14-20(13-18)38-3)32-33-28(34)40-24(27(35)36)11-16-9-22(30)25(23(31)10-16)39-15-17-7-5-6-8-21(17)29/h5-14H,4,15H2,1-3H3,(H,35,36)/b24-11-. The first-order valence-electron chi connectivity index (χ1n) is 11.9. The fourth-order valence-corrected chi connectivity index (χ4v) is 6.95. The number of halogens is 3. The Morgan fingerprint density at radius 2 is 1.70 bits per heavy atom. The van der Waals surface area contributed by atoms with E-state index < -0.39 is 5.97 Å². The van der Waals surface area contributed by atoms with Crippen molar-refractivity contribution in [3.63, 3.8) is 0 Å². The molecule has 0 saturated heterocycles. The van der Waals surface area contributed by atoms with Gasteiger partial charge in [-0.05, 0) is 106 Å². The molecule has 0 aliphatic heterocycles. The zero-order chi connectivity index (χ0) is 28.8. The molecule has 0 fully saturated rings. The fourth-order valence-electron chi connectivity index (χ4n) is 3.75. The number of benzene rings is 3. The topological polar surface area (TPSA) is 95.7 Å². The minimum atomic E-state index is -1.07. The van der Waals surface area contributed by atoms with Crippen LogP contribution >= 0.6 is 68.5 Å². The van der Waals surface area contributed by atoms with Crippen molar-refractivity contribution in [3.8, 4) is 28.6 Å². The average Bonchev–Trinajstić information content (AvgIpc) is 3.35. The number of aromatic nitrogens is 3. The molecular weight excluding hydrogens is 780 g/mol. The van der Waals surface area contributed by atoms with Crippen molar-refractivity contribution in [2.45, 2.75) is 25.2 Å². The molecule has 8 nitrogen and oxygen atoms in total. The Hall–Kier alpha value is -2.49. The lowest BCUT2D eigenvalue weighted by Gasteiger charge is -2.13. The van der Waals surface area contributed by atoms with Crippen LogP contribution in [0.25, 0.3) is 17.5 Å². The molecule has 12 heteroatoms. The summed E-state index contributed by atoms with van der Waals surface area (Å²) in [5, 5.41) is 19.8. The zero-order valence-electron chi connectivity index (χ0n) is 21.7. The molecule has 4 rings (SSSR count). The molecule has 208 valence electrons. The predicted molar refractivity (Wildman–Crippen MR) is 173 cm³/mol. The number of hydrogen-bond donors (Lipinski definition) is 1. The highest BCUT2D eigenvalue weighted by atomic mass is 127. The predicted octanol–water partition coefficient (Wildman–Crippen LogP) is 7.64. The van der Waals surface area contributed by atoms with Crippen LogP contribution in [-0.4, -0.2) is 40.1 Å². The molecule has 0 aliphatic rings. The second kappa shape index (κ2) is 13.9. The highest BCUT2D eigenvalue weighted by Gasteiger charge is 2.20. The molecule has 4 aromatic rings. The van der Waals surface area contributed by atoms with Gasteiger partial charge >= 0.3 is 5.97 Å². The molecule has 0 unspecified atom stereocenters. The summed E-state index contributed by atoms with van der Waals surface area (Å²) in [7, 11) is 3.16. The molecule has 0 radical (unpaired) electrons. The van der Waals surface area contributed by atoms with Crippen LogP contribution in [0.1, 0.15) is 18.1 Å². The third kappa shape index (κ3) is 7.22. The first-order chi connectivity index (χ1) is 19.2. The van der Waals surface area contributed by atoms with E-state index in [9.17, 15) is 9.90 Å². The van der Waals surface area contributed by atoms with Crippen LogP contribution in [0.15, 0.2) is 64.7 Å². The number of carboxylic acid groups (broad SMARTS) is 1. The van der Waals surface area contributed by atoms with E-state index in [1.807, 2.05) is 60.0 Å². The van der Waals surface area contributed by atoms with Crippen LogP contribution in [-0.2, 0) is 17.9 Å². The first-order valence-corrected chi connectivity index (χ1v) is 15.2. The highest BCUT2D eigenvalue weighted by Crippen LogP contribution is 2.35. The highest BCUT2D eigenvalue weighted by molar-refractivity contribution is 14.1. The number of hydrogen-bond acceptors (Lipinski definition) is 7. The van der Waals surface area contributed by atoms with Gasteiger partial charge in [-0.25, -0.2) is 4.79 Å². The summed E-state index contributed by atoms with van der Waals surface area (Å²) in [5.74, 6) is 1.46. The van der Waals surface area contributed by atoms with Crippen LogP contribution in [0.2, 0.25) is 5.02 Å². The molecule has 1 aromatic heterocycles. The summed E-state index contributed by atoms with van der Waals surface area (Å²) < 4.78 is 20.4. The lowest BCUT2D eigenvalue weighted by atomic mass is 10.2. The van der Waals surface area contributed by atoms with Crippen molar-refractivity contribution in [1.29, 1.82) is 0 Å². The molecule has 0 atom stereocenters. The normalized spacial score (nSPS) is 11.4. The summed E-state index contributed by atoms with van der Waals surface area (Å²) in [5.41, 5.74) is 2.36. The number of carboxylic acids is 1. The van der Waals surface area contributed by atoms with Crippen molar-refractivity contribution in [1.82, 2.24) is 14.8 Å². The van der Waals surface area contributed by atoms with Gasteiger partial charge in [0.15, 0.2) is 11.0 Å². The van der Waals surface area contributed by atoms with Gasteiger partial charge in [0, 0.05) is 28.8 Å². The van der Waals surface area contributed by atoms with E-state index >= 15 is 0 Å². The summed E-state index contributed by atoms with van der Waals surface area (Å²) in [6.07, 6.45) is 1.62. The number of methoxy groups -OCH3 is 2. The van der Waals surface area contributed by atoms with Gasteiger partial charge in [-0.1, -0.05) is 29.8 Å². The molecule has 1 N–H and O–H groups in total. The fraction of sp³-hybridized carbons (Fsp3) is 0.179. The van der Waals surface area contributed by atoms with E-state index in [0.29, 0.717) is 46.4 Å². The maximum Gasteiger partial charge on any atom is 0.342 e. The minimum absolute atomic E-state index is 0.105. The molecule has 0 saturated carbocycles. The third-order valence-electron chi connectivity index (χ3n) is 5.70. The van der Waals surface area contributed by atoms with Gasteiger partial charge in [0.05, 0.1) is 21.4 Å². The Balaban J connectivity index is 1.61. The lowest BCUT2D eigenvalue weighted by Crippen LogP contribution is -2.03. The van der Waals surface area contributed by atoms with E-state index in [0.717, 1.165) is 35.6 Å². The summed E-state index contributed by atoms with van der Waals surface area (Å²) >= 11 is 11.7. The largest absolute Gasteiger partial charge is 0.497 e. The van der Waals surface area contributed by atoms with Crippen molar-refractivity contribution in [2.24, 2.45) is 0 Å². The molecule has 1 heterocycles. The average molecular weight is 804 g/mol. The van der Waals surface area contributed by atoms with Gasteiger partial charge < -0.3 is 23.9 Å². The van der Waals surface area contributed by atoms with Crippen LogP contribution < -0.4 is 14.2 Å². The number of nitrogens with zero attached hydrogens (tertiary/aromatic N) is 3. The monoisotopic (exact) mass is 803 g/mol. The van der Waals surface area contributed by atoms with Gasteiger partial charge in [0.1, 0.15) is 28.8 Å². The van der Waals surface area contributed by atoms with Crippen LogP contribution in [0.4, 0.5) is 0 Å².